The summed E-state index contributed by atoms with van der Waals surface area (Å²) in [6, 6.07) is 7.83. The summed E-state index contributed by atoms with van der Waals surface area (Å²) in [6.07, 6.45) is 12.3. The number of anilines is 1. The molecule has 0 unspecified atom stereocenters. The van der Waals surface area contributed by atoms with Crippen LogP contribution in [0, 0.1) is 17.3 Å². The molecular weight excluding hydrogens is 564 g/mol. The van der Waals surface area contributed by atoms with Crippen LogP contribution in [0.5, 0.6) is 0 Å². The van der Waals surface area contributed by atoms with Crippen LogP contribution in [0.2, 0.25) is 0 Å². The summed E-state index contributed by atoms with van der Waals surface area (Å²) in [5.41, 5.74) is 1.53. The van der Waals surface area contributed by atoms with Crippen molar-refractivity contribution in [2.75, 3.05) is 11.4 Å². The van der Waals surface area contributed by atoms with E-state index in [2.05, 4.69) is 15.3 Å². The van der Waals surface area contributed by atoms with E-state index >= 15 is 0 Å². The number of carbonyl (C=O) groups excluding carboxylic acids is 1. The Morgan fingerprint density at radius 2 is 1.61 bits per heavy atom. The summed E-state index contributed by atoms with van der Waals surface area (Å²) >= 11 is 0. The molecule has 6 fully saturated rings. The molecule has 3 aromatic rings. The van der Waals surface area contributed by atoms with Gasteiger partial charge < -0.3 is 13.9 Å². The van der Waals surface area contributed by atoms with Crippen LogP contribution in [0.3, 0.4) is 0 Å². The van der Waals surface area contributed by atoms with E-state index in [9.17, 15) is 13.6 Å². The number of fused-ring (bicyclic) bond motifs is 3. The zero-order chi connectivity index (χ0) is 29.9. The minimum Gasteiger partial charge on any atom is -0.339 e. The number of alkyl halides is 2. The molecule has 0 aliphatic heterocycles. The van der Waals surface area contributed by atoms with E-state index in [0.29, 0.717) is 43.5 Å². The van der Waals surface area contributed by atoms with Gasteiger partial charge in [-0.1, -0.05) is 16.4 Å². The molecule has 2 bridgehead atoms. The highest BCUT2D eigenvalue weighted by Crippen LogP contribution is 2.58. The van der Waals surface area contributed by atoms with Gasteiger partial charge in [-0.15, -0.1) is 0 Å². The molecule has 2 heterocycles. The fourth-order valence-corrected chi connectivity index (χ4v) is 7.94. The second-order valence-electron chi connectivity index (χ2n) is 14.7. The molecule has 2 aromatic heterocycles. The number of nitrogens with zero attached hydrogens (tertiary/aromatic N) is 5. The Labute approximate surface area is 256 Å². The maximum Gasteiger partial charge on any atom is 0.257 e. The zero-order valence-electron chi connectivity index (χ0n) is 25.3. The third kappa shape index (κ3) is 5.69. The smallest absolute Gasteiger partial charge is 0.257 e. The number of aromatic nitrogens is 4. The number of benzene rings is 1. The van der Waals surface area contributed by atoms with Crippen molar-refractivity contribution in [1.29, 1.82) is 0 Å². The second-order valence-corrected chi connectivity index (χ2v) is 14.7. The molecule has 0 N–H and O–H groups in total. The fourth-order valence-electron chi connectivity index (χ4n) is 7.94. The Morgan fingerprint density at radius 1 is 0.864 bits per heavy atom. The monoisotopic (exact) mass is 605 g/mol. The summed E-state index contributed by atoms with van der Waals surface area (Å²) in [4.78, 5) is 25.5. The predicted octanol–water partition coefficient (Wildman–Crippen LogP) is 7.79. The van der Waals surface area contributed by atoms with Crippen molar-refractivity contribution in [1.82, 2.24) is 20.3 Å². The first-order valence-corrected chi connectivity index (χ1v) is 16.7. The average Bonchev–Trinajstić information content (AvgIpc) is 3.95. The van der Waals surface area contributed by atoms with Crippen LogP contribution in [-0.2, 0) is 16.6 Å². The SMILES string of the molecule is O=C(CC1CCC(F)(F)CC1)N(CC12CCC(c3nc(C4CC4)no3)(CC1)CC2)c1cccc(-c2nc(CC3CC3)no2)c1. The van der Waals surface area contributed by atoms with Crippen molar-refractivity contribution >= 4 is 11.6 Å². The minimum atomic E-state index is -2.61. The molecule has 10 heteroatoms. The molecule has 0 atom stereocenters. The second kappa shape index (κ2) is 10.7. The molecule has 9 rings (SSSR count). The van der Waals surface area contributed by atoms with Crippen LogP contribution < -0.4 is 4.90 Å². The van der Waals surface area contributed by atoms with Crippen LogP contribution in [-0.4, -0.2) is 38.7 Å². The first-order valence-electron chi connectivity index (χ1n) is 16.7. The van der Waals surface area contributed by atoms with E-state index in [1.807, 2.05) is 29.2 Å². The summed E-state index contributed by atoms with van der Waals surface area (Å²) in [5, 5.41) is 8.50. The Balaban J connectivity index is 1.03. The van der Waals surface area contributed by atoms with E-state index in [0.717, 1.165) is 86.6 Å². The molecule has 1 amide bonds. The van der Waals surface area contributed by atoms with Crippen molar-refractivity contribution in [3.8, 4) is 11.5 Å². The summed E-state index contributed by atoms with van der Waals surface area (Å²) < 4.78 is 39.3. The minimum absolute atomic E-state index is 0.00568. The van der Waals surface area contributed by atoms with E-state index in [4.69, 9.17) is 14.0 Å². The number of rotatable bonds is 10. The zero-order valence-corrected chi connectivity index (χ0v) is 25.3. The van der Waals surface area contributed by atoms with Gasteiger partial charge in [-0.05, 0) is 112 Å². The molecule has 6 saturated carbocycles. The van der Waals surface area contributed by atoms with Gasteiger partial charge in [0.05, 0.1) is 0 Å². The third-order valence-electron chi connectivity index (χ3n) is 11.4. The molecule has 44 heavy (non-hydrogen) atoms. The molecule has 0 spiro atoms. The number of hydrogen-bond acceptors (Lipinski definition) is 7. The van der Waals surface area contributed by atoms with E-state index in [1.54, 1.807) is 0 Å². The number of halogens is 2. The van der Waals surface area contributed by atoms with Crippen molar-refractivity contribution in [3.05, 3.63) is 41.8 Å². The van der Waals surface area contributed by atoms with Crippen LogP contribution in [0.15, 0.2) is 33.3 Å². The maximum atomic E-state index is 14.1. The fraction of sp³-hybridized carbons (Fsp3) is 0.676. The highest BCUT2D eigenvalue weighted by atomic mass is 19.3. The molecule has 6 aliphatic carbocycles. The van der Waals surface area contributed by atoms with Crippen molar-refractivity contribution in [2.24, 2.45) is 17.3 Å². The quantitative estimate of drug-likeness (QED) is 0.233. The van der Waals surface area contributed by atoms with Gasteiger partial charge >= 0.3 is 0 Å². The molecule has 6 aliphatic rings. The van der Waals surface area contributed by atoms with Crippen LogP contribution in [0.25, 0.3) is 11.5 Å². The van der Waals surface area contributed by atoms with Crippen molar-refractivity contribution in [3.63, 3.8) is 0 Å². The van der Waals surface area contributed by atoms with Gasteiger partial charge in [0, 0.05) is 54.8 Å². The van der Waals surface area contributed by atoms with Gasteiger partial charge in [0.2, 0.25) is 17.7 Å². The summed E-state index contributed by atoms with van der Waals surface area (Å²) in [7, 11) is 0. The lowest BCUT2D eigenvalue weighted by atomic mass is 9.53. The van der Waals surface area contributed by atoms with E-state index < -0.39 is 5.92 Å². The van der Waals surface area contributed by atoms with Gasteiger partial charge in [-0.25, -0.2) is 8.78 Å². The van der Waals surface area contributed by atoms with Crippen LogP contribution in [0.1, 0.15) is 120 Å². The molecular formula is C34H41F2N5O3. The first-order chi connectivity index (χ1) is 21.3. The van der Waals surface area contributed by atoms with E-state index in [-0.39, 0.29) is 35.5 Å². The number of hydrogen-bond donors (Lipinski definition) is 0. The van der Waals surface area contributed by atoms with Crippen molar-refractivity contribution in [2.45, 2.75) is 120 Å². The topological polar surface area (TPSA) is 98.2 Å². The normalized spacial score (nSPS) is 28.3. The summed E-state index contributed by atoms with van der Waals surface area (Å²) in [5.74, 6) is 1.39. The lowest BCUT2D eigenvalue weighted by Gasteiger charge is -2.53. The lowest BCUT2D eigenvalue weighted by molar-refractivity contribution is -0.121. The third-order valence-corrected chi connectivity index (χ3v) is 11.4. The van der Waals surface area contributed by atoms with Crippen LogP contribution >= 0.6 is 0 Å². The lowest BCUT2D eigenvalue weighted by Crippen LogP contribution is -2.51. The highest BCUT2D eigenvalue weighted by molar-refractivity contribution is 5.94. The largest absolute Gasteiger partial charge is 0.339 e. The molecule has 8 nitrogen and oxygen atoms in total. The Morgan fingerprint density at radius 3 is 2.32 bits per heavy atom. The Kier molecular flexibility index (Phi) is 6.90. The predicted molar refractivity (Wildman–Crippen MR) is 158 cm³/mol. The average molecular weight is 606 g/mol. The molecule has 0 saturated heterocycles. The standard InChI is InChI=1S/C34H41F2N5O3/c35-34(36)10-8-23(9-11-34)19-28(42)41(26-3-1-2-25(20-26)30-37-27(39-43-30)18-22-4-5-22)21-32-12-15-33(16-13-32,17-14-32)31-38-29(40-44-31)24-6-7-24/h1-3,20,22-24H,4-19,21H2. The van der Waals surface area contributed by atoms with Crippen LogP contribution in [0.4, 0.5) is 14.5 Å². The van der Waals surface area contributed by atoms with Gasteiger partial charge in [-0.3, -0.25) is 4.79 Å². The Bertz CT molecular complexity index is 1490. The Hall–Kier alpha value is -3.17. The number of amides is 1. The number of carbonyl (C=O) groups is 1. The first kappa shape index (κ1) is 28.3. The molecule has 234 valence electrons. The molecule has 0 radical (unpaired) electrons. The summed E-state index contributed by atoms with van der Waals surface area (Å²) in [6.45, 7) is 0.613. The van der Waals surface area contributed by atoms with E-state index in [1.165, 1.54) is 12.8 Å². The van der Waals surface area contributed by atoms with Gasteiger partial charge in [0.25, 0.3) is 5.89 Å². The highest BCUT2D eigenvalue weighted by Gasteiger charge is 2.53. The van der Waals surface area contributed by atoms with Gasteiger partial charge in [0.15, 0.2) is 11.6 Å². The maximum absolute atomic E-state index is 14.1. The van der Waals surface area contributed by atoms with Gasteiger partial charge in [0.1, 0.15) is 0 Å². The molecule has 1 aromatic carbocycles. The van der Waals surface area contributed by atoms with Gasteiger partial charge in [-0.2, -0.15) is 9.97 Å². The van der Waals surface area contributed by atoms with Crippen molar-refractivity contribution < 1.29 is 22.6 Å².